The minimum absolute atomic E-state index is 0.129. The Hall–Kier alpha value is -4.91. The predicted octanol–water partition coefficient (Wildman–Crippen LogP) is 5.52. The first-order valence-corrected chi connectivity index (χ1v) is 12.0. The van der Waals surface area contributed by atoms with E-state index >= 15 is 0 Å². The summed E-state index contributed by atoms with van der Waals surface area (Å²) in [5.41, 5.74) is 4.54. The topological polar surface area (TPSA) is 80.6 Å². The highest BCUT2D eigenvalue weighted by atomic mass is 16.5. The van der Waals surface area contributed by atoms with Gasteiger partial charge in [-0.2, -0.15) is 0 Å². The van der Waals surface area contributed by atoms with Gasteiger partial charge in [0.05, 0.1) is 18.0 Å². The number of anilines is 1. The number of rotatable bonds is 6. The molecule has 0 saturated carbocycles. The van der Waals surface area contributed by atoms with E-state index < -0.39 is 17.8 Å². The second-order valence-corrected chi connectivity index (χ2v) is 8.51. The van der Waals surface area contributed by atoms with Crippen LogP contribution in [0.3, 0.4) is 0 Å². The van der Waals surface area contributed by atoms with E-state index in [1.165, 1.54) is 0 Å². The molecule has 7 heteroatoms. The maximum absolute atomic E-state index is 13.5. The van der Waals surface area contributed by atoms with Gasteiger partial charge in [-0.1, -0.05) is 48.5 Å². The molecule has 1 saturated heterocycles. The summed E-state index contributed by atoms with van der Waals surface area (Å²) in [4.78, 5) is 40.0. The Balaban J connectivity index is 1.62. The highest BCUT2D eigenvalue weighted by molar-refractivity contribution is 6.39. The van der Waals surface area contributed by atoms with Crippen molar-refractivity contribution < 1.29 is 19.1 Å². The first kappa shape index (κ1) is 23.8. The smallest absolute Gasteiger partial charge is 0.335 e. The fourth-order valence-corrected chi connectivity index (χ4v) is 4.48. The molecule has 4 aromatic rings. The van der Waals surface area contributed by atoms with Gasteiger partial charge in [0, 0.05) is 16.9 Å². The lowest BCUT2D eigenvalue weighted by atomic mass is 10.0. The average molecular weight is 492 g/mol. The van der Waals surface area contributed by atoms with E-state index in [9.17, 15) is 14.4 Å². The van der Waals surface area contributed by atoms with Crippen molar-refractivity contribution in [3.63, 3.8) is 0 Å². The molecule has 37 heavy (non-hydrogen) atoms. The lowest BCUT2D eigenvalue weighted by molar-refractivity contribution is -0.122. The number of nitrogens with zero attached hydrogens (tertiary/aromatic N) is 2. The van der Waals surface area contributed by atoms with Gasteiger partial charge in [0.2, 0.25) is 0 Å². The largest absolute Gasteiger partial charge is 0.494 e. The number of hydrogen-bond donors (Lipinski definition) is 1. The number of imide groups is 2. The summed E-state index contributed by atoms with van der Waals surface area (Å²) in [6.45, 7) is 4.34. The third kappa shape index (κ3) is 4.54. The van der Waals surface area contributed by atoms with Crippen molar-refractivity contribution in [1.82, 2.24) is 9.88 Å². The van der Waals surface area contributed by atoms with Crippen LogP contribution in [0.4, 0.5) is 10.5 Å². The molecule has 3 aromatic carbocycles. The van der Waals surface area contributed by atoms with Gasteiger partial charge in [0.15, 0.2) is 0 Å². The minimum atomic E-state index is -0.794. The summed E-state index contributed by atoms with van der Waals surface area (Å²) < 4.78 is 7.54. The average Bonchev–Trinajstić information content (AvgIpc) is 3.24. The summed E-state index contributed by atoms with van der Waals surface area (Å²) in [6.07, 6.45) is 1.56. The molecule has 0 radical (unpaired) electrons. The number of nitrogens with one attached hydrogen (secondary N) is 1. The summed E-state index contributed by atoms with van der Waals surface area (Å²) >= 11 is 0. The molecule has 0 spiro atoms. The molecule has 1 fully saturated rings. The van der Waals surface area contributed by atoms with Crippen LogP contribution in [0.25, 0.3) is 23.0 Å². The number of aryl methyl sites for hydroxylation is 1. The molecule has 4 amide bonds. The quantitative estimate of drug-likeness (QED) is 0.285. The normalized spacial score (nSPS) is 14.7. The van der Waals surface area contributed by atoms with Crippen LogP contribution in [0.1, 0.15) is 18.2 Å². The van der Waals surface area contributed by atoms with E-state index in [-0.39, 0.29) is 5.57 Å². The molecule has 184 valence electrons. The Bertz CT molecular complexity index is 1500. The number of carbonyl (C=O) groups is 3. The molecule has 1 aliphatic heterocycles. The zero-order valence-corrected chi connectivity index (χ0v) is 20.5. The van der Waals surface area contributed by atoms with Gasteiger partial charge in [-0.25, -0.2) is 9.69 Å². The van der Waals surface area contributed by atoms with E-state index in [1.807, 2.05) is 80.6 Å². The monoisotopic (exact) mass is 491 g/mol. The zero-order valence-electron chi connectivity index (χ0n) is 20.5. The lowest BCUT2D eigenvalue weighted by Crippen LogP contribution is -2.54. The Morgan fingerprint density at radius 2 is 1.49 bits per heavy atom. The number of urea groups is 1. The first-order chi connectivity index (χ1) is 18.0. The van der Waals surface area contributed by atoms with Gasteiger partial charge < -0.3 is 9.30 Å². The summed E-state index contributed by atoms with van der Waals surface area (Å²) in [7, 11) is 0. The van der Waals surface area contributed by atoms with Crippen molar-refractivity contribution in [2.24, 2.45) is 0 Å². The zero-order chi connectivity index (χ0) is 25.9. The van der Waals surface area contributed by atoms with Crippen LogP contribution in [0.2, 0.25) is 0 Å². The Labute approximate surface area is 214 Å². The van der Waals surface area contributed by atoms with Gasteiger partial charge in [0.25, 0.3) is 11.8 Å². The number of ether oxygens (including phenoxy) is 1. The summed E-state index contributed by atoms with van der Waals surface area (Å²) in [5, 5.41) is 2.30. The summed E-state index contributed by atoms with van der Waals surface area (Å²) in [5.74, 6) is -0.809. The van der Waals surface area contributed by atoms with Crippen molar-refractivity contribution in [3.8, 4) is 22.7 Å². The Morgan fingerprint density at radius 3 is 2.14 bits per heavy atom. The Kier molecular flexibility index (Phi) is 6.43. The molecule has 0 unspecified atom stereocenters. The highest BCUT2D eigenvalue weighted by Crippen LogP contribution is 2.33. The third-order valence-corrected chi connectivity index (χ3v) is 6.08. The van der Waals surface area contributed by atoms with Crippen LogP contribution in [-0.4, -0.2) is 29.0 Å². The second kappa shape index (κ2) is 9.99. The predicted molar refractivity (Wildman–Crippen MR) is 143 cm³/mol. The third-order valence-electron chi connectivity index (χ3n) is 6.08. The van der Waals surface area contributed by atoms with Crippen LogP contribution >= 0.6 is 0 Å². The number of barbiturate groups is 1. The fraction of sp³-hybridized carbons (Fsp3) is 0.100. The molecular formula is C30H25N3O4. The highest BCUT2D eigenvalue weighted by Gasteiger charge is 2.37. The fourth-order valence-electron chi connectivity index (χ4n) is 4.48. The van der Waals surface area contributed by atoms with Crippen molar-refractivity contribution in [2.75, 3.05) is 11.5 Å². The molecule has 5 rings (SSSR count). The lowest BCUT2D eigenvalue weighted by Gasteiger charge is -2.26. The van der Waals surface area contributed by atoms with E-state index in [0.29, 0.717) is 23.6 Å². The molecule has 1 aliphatic rings. The second-order valence-electron chi connectivity index (χ2n) is 8.51. The number of hydrogen-bond acceptors (Lipinski definition) is 4. The van der Waals surface area contributed by atoms with Crippen LogP contribution < -0.4 is 15.0 Å². The van der Waals surface area contributed by atoms with Crippen molar-refractivity contribution in [1.29, 1.82) is 0 Å². The molecular weight excluding hydrogens is 466 g/mol. The number of para-hydroxylation sites is 1. The molecule has 2 heterocycles. The van der Waals surface area contributed by atoms with Crippen molar-refractivity contribution in [2.45, 2.75) is 13.8 Å². The summed E-state index contributed by atoms with van der Waals surface area (Å²) in [6, 6.07) is 27.4. The number of aromatic nitrogens is 1. The number of benzene rings is 3. The van der Waals surface area contributed by atoms with E-state index in [4.69, 9.17) is 4.74 Å². The van der Waals surface area contributed by atoms with Gasteiger partial charge in [-0.05, 0) is 68.0 Å². The molecule has 7 nitrogen and oxygen atoms in total. The number of carbonyl (C=O) groups excluding carboxylic acids is 3. The van der Waals surface area contributed by atoms with Gasteiger partial charge in [-0.3, -0.25) is 14.9 Å². The first-order valence-electron chi connectivity index (χ1n) is 12.0. The minimum Gasteiger partial charge on any atom is -0.494 e. The maximum Gasteiger partial charge on any atom is 0.335 e. The van der Waals surface area contributed by atoms with E-state index in [0.717, 1.165) is 27.5 Å². The number of amides is 4. The van der Waals surface area contributed by atoms with Crippen LogP contribution in [0, 0.1) is 6.92 Å². The van der Waals surface area contributed by atoms with Gasteiger partial charge >= 0.3 is 6.03 Å². The van der Waals surface area contributed by atoms with E-state index in [1.54, 1.807) is 30.3 Å². The Morgan fingerprint density at radius 1 is 0.838 bits per heavy atom. The SMILES string of the molecule is CCOc1ccc(N2C(=O)NC(=O)/C(=C\c3cc(C)n(-c4ccccc4)c3-c3ccccc3)C2=O)cc1. The molecule has 0 bridgehead atoms. The maximum atomic E-state index is 13.5. The molecule has 1 aromatic heterocycles. The van der Waals surface area contributed by atoms with Gasteiger partial charge in [-0.15, -0.1) is 0 Å². The van der Waals surface area contributed by atoms with Crippen molar-refractivity contribution >= 4 is 29.6 Å². The standard InChI is InChI=1S/C30H25N3O4/c1-3-37-25-16-14-24(15-17-25)33-29(35)26(28(34)31-30(33)36)19-22-18-20(2)32(23-12-8-5-9-13-23)27(22)21-10-6-4-7-11-21/h4-19H,3H2,1-2H3,(H,31,34,36)/b26-19+. The van der Waals surface area contributed by atoms with Crippen LogP contribution in [0.15, 0.2) is 96.6 Å². The van der Waals surface area contributed by atoms with Crippen molar-refractivity contribution in [3.05, 3.63) is 108 Å². The van der Waals surface area contributed by atoms with E-state index in [2.05, 4.69) is 9.88 Å². The van der Waals surface area contributed by atoms with Crippen LogP contribution in [-0.2, 0) is 9.59 Å². The molecule has 0 aliphatic carbocycles. The molecule has 0 atom stereocenters. The molecule has 1 N–H and O–H groups in total. The van der Waals surface area contributed by atoms with Gasteiger partial charge in [0.1, 0.15) is 11.3 Å². The van der Waals surface area contributed by atoms with Crippen LogP contribution in [0.5, 0.6) is 5.75 Å².